The summed E-state index contributed by atoms with van der Waals surface area (Å²) in [7, 11) is 0. The van der Waals surface area contributed by atoms with Gasteiger partial charge in [0.1, 0.15) is 0 Å². The predicted octanol–water partition coefficient (Wildman–Crippen LogP) is 2.57. The fourth-order valence-electron chi connectivity index (χ4n) is 3.17. The summed E-state index contributed by atoms with van der Waals surface area (Å²) in [6.07, 6.45) is 4.98. The fraction of sp³-hybridized carbons (Fsp3) is 0.238. The summed E-state index contributed by atoms with van der Waals surface area (Å²) in [5.74, 6) is 0.451. The molecule has 0 spiro atoms. The number of rotatable bonds is 5. The van der Waals surface area contributed by atoms with Crippen LogP contribution in [0.15, 0.2) is 67.1 Å². The summed E-state index contributed by atoms with van der Waals surface area (Å²) in [5.41, 5.74) is 2.47. The van der Waals surface area contributed by atoms with Gasteiger partial charge in [-0.1, -0.05) is 24.3 Å². The largest absolute Gasteiger partial charge is 0.336 e. The number of amides is 1. The molecule has 1 aromatic carbocycles. The van der Waals surface area contributed by atoms with Crippen molar-refractivity contribution < 1.29 is 4.79 Å². The molecule has 4 rings (SSSR count). The van der Waals surface area contributed by atoms with E-state index in [0.717, 1.165) is 31.0 Å². The molecule has 3 heterocycles. The van der Waals surface area contributed by atoms with Crippen molar-refractivity contribution in [3.63, 3.8) is 0 Å². The number of benzene rings is 1. The van der Waals surface area contributed by atoms with E-state index >= 15 is 0 Å². The third kappa shape index (κ3) is 4.50. The summed E-state index contributed by atoms with van der Waals surface area (Å²) in [4.78, 5) is 29.8. The second-order valence-corrected chi connectivity index (χ2v) is 6.68. The van der Waals surface area contributed by atoms with Crippen molar-refractivity contribution in [3.05, 3.63) is 78.4 Å². The summed E-state index contributed by atoms with van der Waals surface area (Å²) in [6, 6.07) is 15.6. The topological polar surface area (TPSA) is 74.2 Å². The lowest BCUT2D eigenvalue weighted by atomic mass is 10.2. The Hall–Kier alpha value is -3.32. The van der Waals surface area contributed by atoms with Crippen LogP contribution in [-0.4, -0.2) is 56.8 Å². The Labute approximate surface area is 164 Å². The minimum atomic E-state index is -0.0243. The second kappa shape index (κ2) is 8.58. The molecular weight excluding hydrogens is 352 g/mol. The molecule has 0 bridgehead atoms. The number of piperazine rings is 1. The summed E-state index contributed by atoms with van der Waals surface area (Å²) < 4.78 is 0. The van der Waals surface area contributed by atoms with E-state index in [9.17, 15) is 4.79 Å². The molecule has 0 aliphatic carbocycles. The molecule has 0 unspecified atom stereocenters. The first-order chi connectivity index (χ1) is 13.8. The van der Waals surface area contributed by atoms with Crippen molar-refractivity contribution in [1.82, 2.24) is 24.8 Å². The molecule has 1 saturated heterocycles. The first-order valence-electron chi connectivity index (χ1n) is 9.33. The molecule has 1 amide bonds. The zero-order valence-electron chi connectivity index (χ0n) is 15.5. The highest BCUT2D eigenvalue weighted by Crippen LogP contribution is 2.13. The minimum absolute atomic E-state index is 0.0243. The van der Waals surface area contributed by atoms with E-state index < -0.39 is 0 Å². The number of para-hydroxylation sites is 1. The molecule has 3 aromatic rings. The Balaban J connectivity index is 1.31. The summed E-state index contributed by atoms with van der Waals surface area (Å²) in [6.45, 7) is 3.85. The Morgan fingerprint density at radius 1 is 0.893 bits per heavy atom. The highest BCUT2D eigenvalue weighted by Gasteiger charge is 2.22. The Morgan fingerprint density at radius 2 is 1.61 bits per heavy atom. The highest BCUT2D eigenvalue weighted by molar-refractivity contribution is 5.93. The van der Waals surface area contributed by atoms with Gasteiger partial charge in [0.2, 0.25) is 5.95 Å². The third-order valence-corrected chi connectivity index (χ3v) is 4.70. The van der Waals surface area contributed by atoms with Crippen LogP contribution in [0, 0.1) is 0 Å². The zero-order chi connectivity index (χ0) is 19.2. The number of aromatic nitrogens is 3. The molecule has 7 nitrogen and oxygen atoms in total. The van der Waals surface area contributed by atoms with E-state index in [0.29, 0.717) is 24.6 Å². The van der Waals surface area contributed by atoms with Gasteiger partial charge in [0.05, 0.1) is 11.3 Å². The van der Waals surface area contributed by atoms with E-state index in [1.54, 1.807) is 12.4 Å². The minimum Gasteiger partial charge on any atom is -0.336 e. The van der Waals surface area contributed by atoms with E-state index in [-0.39, 0.29) is 5.91 Å². The first-order valence-corrected chi connectivity index (χ1v) is 9.33. The van der Waals surface area contributed by atoms with Gasteiger partial charge in [0.15, 0.2) is 0 Å². The van der Waals surface area contributed by atoms with Crippen molar-refractivity contribution in [3.8, 4) is 0 Å². The van der Waals surface area contributed by atoms with Gasteiger partial charge >= 0.3 is 0 Å². The van der Waals surface area contributed by atoms with Crippen molar-refractivity contribution in [2.75, 3.05) is 31.5 Å². The number of carbonyl (C=O) groups is 1. The van der Waals surface area contributed by atoms with Crippen LogP contribution in [0.2, 0.25) is 0 Å². The quantitative estimate of drug-likeness (QED) is 0.740. The molecule has 0 radical (unpaired) electrons. The normalized spacial score (nSPS) is 14.6. The SMILES string of the molecule is O=C(c1cnc(Nc2ccccc2)nc1)N1CCN(Cc2ccccn2)CC1. The van der Waals surface area contributed by atoms with Gasteiger partial charge in [0, 0.05) is 57.0 Å². The molecule has 142 valence electrons. The van der Waals surface area contributed by atoms with Crippen molar-refractivity contribution >= 4 is 17.5 Å². The van der Waals surface area contributed by atoms with Gasteiger partial charge in [0.25, 0.3) is 5.91 Å². The van der Waals surface area contributed by atoms with Crippen molar-refractivity contribution in [1.29, 1.82) is 0 Å². The third-order valence-electron chi connectivity index (χ3n) is 4.70. The number of hydrogen-bond donors (Lipinski definition) is 1. The zero-order valence-corrected chi connectivity index (χ0v) is 15.5. The number of hydrogen-bond acceptors (Lipinski definition) is 6. The lowest BCUT2D eigenvalue weighted by molar-refractivity contribution is 0.0626. The average molecular weight is 374 g/mol. The Bertz CT molecular complexity index is 893. The van der Waals surface area contributed by atoms with Crippen LogP contribution < -0.4 is 5.32 Å². The van der Waals surface area contributed by atoms with E-state index in [4.69, 9.17) is 0 Å². The highest BCUT2D eigenvalue weighted by atomic mass is 16.2. The van der Waals surface area contributed by atoms with Crippen LogP contribution in [0.25, 0.3) is 0 Å². The van der Waals surface area contributed by atoms with Gasteiger partial charge in [-0.2, -0.15) is 0 Å². The van der Waals surface area contributed by atoms with Gasteiger partial charge in [-0.15, -0.1) is 0 Å². The maximum absolute atomic E-state index is 12.7. The van der Waals surface area contributed by atoms with E-state index in [1.165, 1.54) is 0 Å². The van der Waals surface area contributed by atoms with Crippen LogP contribution in [0.1, 0.15) is 16.1 Å². The second-order valence-electron chi connectivity index (χ2n) is 6.68. The van der Waals surface area contributed by atoms with Gasteiger partial charge < -0.3 is 10.2 Å². The lowest BCUT2D eigenvalue weighted by Gasteiger charge is -2.34. The molecule has 7 heteroatoms. The maximum Gasteiger partial charge on any atom is 0.257 e. The van der Waals surface area contributed by atoms with Crippen molar-refractivity contribution in [2.45, 2.75) is 6.54 Å². The number of anilines is 2. The van der Waals surface area contributed by atoms with Crippen LogP contribution in [-0.2, 0) is 6.54 Å². The maximum atomic E-state index is 12.7. The molecule has 2 aromatic heterocycles. The fourth-order valence-corrected chi connectivity index (χ4v) is 3.17. The number of pyridine rings is 1. The lowest BCUT2D eigenvalue weighted by Crippen LogP contribution is -2.48. The van der Waals surface area contributed by atoms with Crippen LogP contribution in [0.3, 0.4) is 0 Å². The van der Waals surface area contributed by atoms with E-state index in [1.807, 2.05) is 59.6 Å². The standard InChI is InChI=1S/C21H22N6O/c28-20(17-14-23-21(24-15-17)25-18-6-2-1-3-7-18)27-12-10-26(11-13-27)16-19-8-4-5-9-22-19/h1-9,14-15H,10-13,16H2,(H,23,24,25). The molecule has 0 saturated carbocycles. The van der Waals surface area contributed by atoms with E-state index in [2.05, 4.69) is 25.2 Å². The van der Waals surface area contributed by atoms with Gasteiger partial charge in [-0.3, -0.25) is 14.7 Å². The Morgan fingerprint density at radius 3 is 2.29 bits per heavy atom. The number of nitrogens with one attached hydrogen (secondary N) is 1. The predicted molar refractivity (Wildman–Crippen MR) is 107 cm³/mol. The average Bonchev–Trinajstić information content (AvgIpc) is 2.76. The van der Waals surface area contributed by atoms with Crippen LogP contribution in [0.4, 0.5) is 11.6 Å². The molecular formula is C21H22N6O. The molecule has 1 aliphatic rings. The molecule has 1 aliphatic heterocycles. The summed E-state index contributed by atoms with van der Waals surface area (Å²) in [5, 5.41) is 3.12. The molecule has 1 N–H and O–H groups in total. The van der Waals surface area contributed by atoms with Crippen LogP contribution >= 0.6 is 0 Å². The number of carbonyl (C=O) groups excluding carboxylic acids is 1. The monoisotopic (exact) mass is 374 g/mol. The molecule has 0 atom stereocenters. The number of nitrogens with zero attached hydrogens (tertiary/aromatic N) is 5. The van der Waals surface area contributed by atoms with Gasteiger partial charge in [-0.25, -0.2) is 9.97 Å². The van der Waals surface area contributed by atoms with Gasteiger partial charge in [-0.05, 0) is 24.3 Å². The molecule has 28 heavy (non-hydrogen) atoms. The Kier molecular flexibility index (Phi) is 5.53. The smallest absolute Gasteiger partial charge is 0.257 e. The van der Waals surface area contributed by atoms with Crippen LogP contribution in [0.5, 0.6) is 0 Å². The first kappa shape index (κ1) is 18.1. The van der Waals surface area contributed by atoms with Crippen molar-refractivity contribution in [2.24, 2.45) is 0 Å². The molecule has 1 fully saturated rings. The summed E-state index contributed by atoms with van der Waals surface area (Å²) >= 11 is 0.